The molecular weight excluding hydrogens is 228 g/mol. The van der Waals surface area contributed by atoms with Crippen LogP contribution in [0.15, 0.2) is 18.2 Å². The number of hydrogen-bond acceptors (Lipinski definition) is 3. The van der Waals surface area contributed by atoms with Crippen LogP contribution in [0.4, 0.5) is 0 Å². The zero-order valence-corrected chi connectivity index (χ0v) is 11.6. The van der Waals surface area contributed by atoms with Crippen LogP contribution in [-0.2, 0) is 4.74 Å². The fourth-order valence-electron chi connectivity index (χ4n) is 2.08. The van der Waals surface area contributed by atoms with Gasteiger partial charge in [-0.3, -0.25) is 0 Å². The summed E-state index contributed by atoms with van der Waals surface area (Å²) in [5, 5.41) is 0. The van der Waals surface area contributed by atoms with Gasteiger partial charge >= 0.3 is 5.97 Å². The Balaban J connectivity index is 2.35. The summed E-state index contributed by atoms with van der Waals surface area (Å²) >= 11 is 0. The van der Waals surface area contributed by atoms with Gasteiger partial charge in [-0.05, 0) is 33.8 Å². The van der Waals surface area contributed by atoms with Crippen molar-refractivity contribution in [1.82, 2.24) is 0 Å². The van der Waals surface area contributed by atoms with E-state index in [1.807, 2.05) is 39.8 Å². The van der Waals surface area contributed by atoms with Gasteiger partial charge in [0.15, 0.2) is 0 Å². The third-order valence-electron chi connectivity index (χ3n) is 3.16. The third kappa shape index (κ3) is 2.35. The molecular formula is C15H20O3. The number of carbonyl (C=O) groups is 1. The van der Waals surface area contributed by atoms with Crippen molar-refractivity contribution in [1.29, 1.82) is 0 Å². The molecule has 2 atom stereocenters. The van der Waals surface area contributed by atoms with Crippen molar-refractivity contribution in [3.63, 3.8) is 0 Å². The van der Waals surface area contributed by atoms with Gasteiger partial charge in [-0.1, -0.05) is 19.1 Å². The van der Waals surface area contributed by atoms with Crippen LogP contribution in [0.3, 0.4) is 0 Å². The van der Waals surface area contributed by atoms with E-state index in [4.69, 9.17) is 9.47 Å². The number of esters is 1. The van der Waals surface area contributed by atoms with Crippen LogP contribution in [0.1, 0.15) is 56.5 Å². The first kappa shape index (κ1) is 12.9. The van der Waals surface area contributed by atoms with Crippen LogP contribution in [0.25, 0.3) is 0 Å². The van der Waals surface area contributed by atoms with Crippen molar-refractivity contribution in [3.8, 4) is 5.75 Å². The zero-order chi connectivity index (χ0) is 13.5. The fourth-order valence-corrected chi connectivity index (χ4v) is 2.08. The van der Waals surface area contributed by atoms with Gasteiger partial charge in [0.25, 0.3) is 0 Å². The molecule has 0 saturated carbocycles. The number of para-hydroxylation sites is 1. The van der Waals surface area contributed by atoms with Crippen molar-refractivity contribution in [2.75, 3.05) is 0 Å². The van der Waals surface area contributed by atoms with Gasteiger partial charge in [0.2, 0.25) is 0 Å². The highest BCUT2D eigenvalue weighted by molar-refractivity contribution is 5.93. The van der Waals surface area contributed by atoms with Crippen LogP contribution >= 0.6 is 0 Å². The van der Waals surface area contributed by atoms with E-state index in [1.165, 1.54) is 0 Å². The van der Waals surface area contributed by atoms with Crippen LogP contribution in [0.2, 0.25) is 0 Å². The third-order valence-corrected chi connectivity index (χ3v) is 3.16. The Labute approximate surface area is 108 Å². The number of ether oxygens (including phenoxy) is 2. The minimum absolute atomic E-state index is 0.101. The van der Waals surface area contributed by atoms with Gasteiger partial charge in [-0.15, -0.1) is 0 Å². The van der Waals surface area contributed by atoms with E-state index in [9.17, 15) is 4.79 Å². The average molecular weight is 248 g/mol. The Morgan fingerprint density at radius 2 is 1.94 bits per heavy atom. The SMILES string of the molecule is CC1Oc2c(C(=O)OC(C)(C)C)cccc2C1C. The Kier molecular flexibility index (Phi) is 3.09. The van der Waals surface area contributed by atoms with E-state index < -0.39 is 5.60 Å². The Morgan fingerprint density at radius 1 is 1.28 bits per heavy atom. The smallest absolute Gasteiger partial charge is 0.342 e. The first-order valence-electron chi connectivity index (χ1n) is 6.32. The number of benzene rings is 1. The average Bonchev–Trinajstić information content (AvgIpc) is 2.52. The highest BCUT2D eigenvalue weighted by Gasteiger charge is 2.32. The quantitative estimate of drug-likeness (QED) is 0.713. The molecule has 0 bridgehead atoms. The maximum absolute atomic E-state index is 12.1. The Bertz CT molecular complexity index is 471. The molecule has 0 spiro atoms. The molecule has 0 saturated heterocycles. The summed E-state index contributed by atoms with van der Waals surface area (Å²) in [4.78, 5) is 12.1. The van der Waals surface area contributed by atoms with E-state index in [-0.39, 0.29) is 12.1 Å². The second-order valence-corrected chi connectivity index (χ2v) is 5.84. The molecule has 0 radical (unpaired) electrons. The van der Waals surface area contributed by atoms with E-state index in [2.05, 4.69) is 6.92 Å². The van der Waals surface area contributed by atoms with Crippen LogP contribution in [-0.4, -0.2) is 17.7 Å². The largest absolute Gasteiger partial charge is 0.489 e. The van der Waals surface area contributed by atoms with Crippen molar-refractivity contribution in [2.45, 2.75) is 52.2 Å². The van der Waals surface area contributed by atoms with Gasteiger partial charge in [-0.2, -0.15) is 0 Å². The van der Waals surface area contributed by atoms with E-state index in [0.29, 0.717) is 17.2 Å². The van der Waals surface area contributed by atoms with Crippen LogP contribution < -0.4 is 4.74 Å². The van der Waals surface area contributed by atoms with Crippen molar-refractivity contribution in [2.24, 2.45) is 0 Å². The number of fused-ring (bicyclic) bond motifs is 1. The molecule has 18 heavy (non-hydrogen) atoms. The topological polar surface area (TPSA) is 35.5 Å². The predicted octanol–water partition coefficient (Wildman–Crippen LogP) is 3.53. The van der Waals surface area contributed by atoms with E-state index in [1.54, 1.807) is 6.07 Å². The summed E-state index contributed by atoms with van der Waals surface area (Å²) in [5.74, 6) is 0.676. The fraction of sp³-hybridized carbons (Fsp3) is 0.533. The molecule has 2 unspecified atom stereocenters. The summed E-state index contributed by atoms with van der Waals surface area (Å²) < 4.78 is 11.2. The van der Waals surface area contributed by atoms with Gasteiger partial charge in [-0.25, -0.2) is 4.79 Å². The van der Waals surface area contributed by atoms with E-state index >= 15 is 0 Å². The molecule has 0 aromatic heterocycles. The number of rotatable bonds is 1. The first-order chi connectivity index (χ1) is 8.29. The van der Waals surface area contributed by atoms with Gasteiger partial charge in [0.1, 0.15) is 23.0 Å². The molecule has 1 aliphatic heterocycles. The summed E-state index contributed by atoms with van der Waals surface area (Å²) in [6.07, 6.45) is 0.101. The number of carbonyl (C=O) groups excluding carboxylic acids is 1. The van der Waals surface area contributed by atoms with Crippen LogP contribution in [0.5, 0.6) is 5.75 Å². The molecule has 0 N–H and O–H groups in total. The molecule has 1 heterocycles. The maximum Gasteiger partial charge on any atom is 0.342 e. The van der Waals surface area contributed by atoms with Crippen LogP contribution in [0, 0.1) is 0 Å². The Hall–Kier alpha value is -1.51. The highest BCUT2D eigenvalue weighted by atomic mass is 16.6. The lowest BCUT2D eigenvalue weighted by Gasteiger charge is -2.20. The van der Waals surface area contributed by atoms with E-state index in [0.717, 1.165) is 5.56 Å². The van der Waals surface area contributed by atoms with Crippen molar-refractivity contribution >= 4 is 5.97 Å². The molecule has 3 nitrogen and oxygen atoms in total. The zero-order valence-electron chi connectivity index (χ0n) is 11.6. The second-order valence-electron chi connectivity index (χ2n) is 5.84. The maximum atomic E-state index is 12.1. The minimum Gasteiger partial charge on any atom is -0.489 e. The summed E-state index contributed by atoms with van der Waals surface area (Å²) in [6.45, 7) is 9.71. The molecule has 2 rings (SSSR count). The lowest BCUT2D eigenvalue weighted by molar-refractivity contribution is 0.00655. The normalized spacial score (nSPS) is 22.3. The second kappa shape index (κ2) is 4.30. The van der Waals surface area contributed by atoms with Gasteiger partial charge in [0, 0.05) is 11.5 Å². The molecule has 3 heteroatoms. The monoisotopic (exact) mass is 248 g/mol. The lowest BCUT2D eigenvalue weighted by atomic mass is 9.97. The van der Waals surface area contributed by atoms with Crippen molar-refractivity contribution in [3.05, 3.63) is 29.3 Å². The van der Waals surface area contributed by atoms with Gasteiger partial charge < -0.3 is 9.47 Å². The minimum atomic E-state index is -0.490. The summed E-state index contributed by atoms with van der Waals surface area (Å²) in [6, 6.07) is 5.66. The molecule has 1 aromatic rings. The summed E-state index contributed by atoms with van der Waals surface area (Å²) in [7, 11) is 0. The van der Waals surface area contributed by atoms with Gasteiger partial charge in [0.05, 0.1) is 0 Å². The predicted molar refractivity (Wildman–Crippen MR) is 70.1 cm³/mol. The molecule has 0 fully saturated rings. The molecule has 0 aliphatic carbocycles. The Morgan fingerprint density at radius 3 is 2.56 bits per heavy atom. The molecule has 1 aromatic carbocycles. The standard InChI is InChI=1S/C15H20O3/c1-9-10(2)17-13-11(9)7-6-8-12(13)14(16)18-15(3,4)5/h6-10H,1-5H3. The summed E-state index contributed by atoms with van der Waals surface area (Å²) in [5.41, 5.74) is 1.12. The molecule has 0 amide bonds. The molecule has 98 valence electrons. The number of hydrogen-bond donors (Lipinski definition) is 0. The first-order valence-corrected chi connectivity index (χ1v) is 6.32. The van der Waals surface area contributed by atoms with Crippen molar-refractivity contribution < 1.29 is 14.3 Å². The highest BCUT2D eigenvalue weighted by Crippen LogP contribution is 2.40. The lowest BCUT2D eigenvalue weighted by Crippen LogP contribution is -2.24. The molecule has 1 aliphatic rings.